The van der Waals surface area contributed by atoms with Crippen molar-refractivity contribution in [3.8, 4) is 11.5 Å². The molecule has 3 N–H and O–H groups in total. The minimum atomic E-state index is 0. The molecule has 7 heteroatoms. The quantitative estimate of drug-likeness (QED) is 0.271. The second kappa shape index (κ2) is 13.4. The number of benzene rings is 2. The van der Waals surface area contributed by atoms with Gasteiger partial charge in [0.25, 0.3) is 0 Å². The molecular weight excluding hydrogens is 503 g/mol. The van der Waals surface area contributed by atoms with Crippen LogP contribution in [0.5, 0.6) is 11.5 Å². The van der Waals surface area contributed by atoms with Gasteiger partial charge in [0.05, 0.1) is 7.11 Å². The van der Waals surface area contributed by atoms with Gasteiger partial charge in [-0.1, -0.05) is 42.5 Å². The summed E-state index contributed by atoms with van der Waals surface area (Å²) >= 11 is 0. The van der Waals surface area contributed by atoms with Crippen molar-refractivity contribution in [2.75, 3.05) is 33.3 Å². The van der Waals surface area contributed by atoms with E-state index < -0.39 is 0 Å². The topological polar surface area (TPSA) is 69.1 Å². The zero-order valence-electron chi connectivity index (χ0n) is 18.5. The largest absolute Gasteiger partial charge is 0.504 e. The van der Waals surface area contributed by atoms with Gasteiger partial charge in [-0.2, -0.15) is 0 Å². The molecular formula is C24H35IN4O2. The lowest BCUT2D eigenvalue weighted by molar-refractivity contribution is 0.198. The fourth-order valence-corrected chi connectivity index (χ4v) is 3.81. The van der Waals surface area contributed by atoms with Crippen molar-refractivity contribution in [1.82, 2.24) is 15.5 Å². The number of aromatic hydroxyl groups is 1. The second-order valence-corrected chi connectivity index (χ2v) is 7.66. The number of guanidine groups is 1. The molecule has 1 aliphatic heterocycles. The lowest BCUT2D eigenvalue weighted by Crippen LogP contribution is -2.48. The van der Waals surface area contributed by atoms with Crippen LogP contribution in [0.3, 0.4) is 0 Å². The number of hydrogen-bond acceptors (Lipinski definition) is 4. The van der Waals surface area contributed by atoms with Crippen LogP contribution in [0.2, 0.25) is 0 Å². The molecule has 2 aromatic rings. The van der Waals surface area contributed by atoms with Gasteiger partial charge in [-0.3, -0.25) is 9.89 Å². The van der Waals surface area contributed by atoms with Gasteiger partial charge in [0.2, 0.25) is 0 Å². The van der Waals surface area contributed by atoms with Crippen molar-refractivity contribution in [1.29, 1.82) is 0 Å². The number of likely N-dealkylation sites (tertiary alicyclic amines) is 1. The van der Waals surface area contributed by atoms with E-state index in [1.54, 1.807) is 13.2 Å². The first-order valence-electron chi connectivity index (χ1n) is 10.9. The second-order valence-electron chi connectivity index (χ2n) is 7.66. The first-order valence-corrected chi connectivity index (χ1v) is 10.9. The maximum Gasteiger partial charge on any atom is 0.191 e. The molecule has 0 unspecified atom stereocenters. The Morgan fingerprint density at radius 2 is 1.87 bits per heavy atom. The monoisotopic (exact) mass is 538 g/mol. The van der Waals surface area contributed by atoms with Crippen LogP contribution in [-0.4, -0.2) is 55.3 Å². The molecule has 0 atom stereocenters. The Labute approximate surface area is 203 Å². The van der Waals surface area contributed by atoms with Crippen molar-refractivity contribution in [3.05, 3.63) is 59.7 Å². The highest BCUT2D eigenvalue weighted by atomic mass is 127. The molecule has 2 aromatic carbocycles. The maximum atomic E-state index is 10.2. The van der Waals surface area contributed by atoms with Crippen LogP contribution < -0.4 is 15.4 Å². The smallest absolute Gasteiger partial charge is 0.191 e. The number of nitrogens with one attached hydrogen (secondary N) is 2. The number of ether oxygens (including phenoxy) is 1. The Hall–Kier alpha value is -2.00. The van der Waals surface area contributed by atoms with Crippen LogP contribution in [0, 0.1) is 0 Å². The van der Waals surface area contributed by atoms with E-state index in [1.807, 2.05) is 12.1 Å². The van der Waals surface area contributed by atoms with Crippen molar-refractivity contribution in [3.63, 3.8) is 0 Å². The number of halogens is 1. The van der Waals surface area contributed by atoms with E-state index in [4.69, 9.17) is 9.73 Å². The number of nitrogens with zero attached hydrogens (tertiary/aromatic N) is 2. The molecule has 0 bridgehead atoms. The Morgan fingerprint density at radius 1 is 1.13 bits per heavy atom. The van der Waals surface area contributed by atoms with Gasteiger partial charge in [0.1, 0.15) is 0 Å². The van der Waals surface area contributed by atoms with Crippen molar-refractivity contribution < 1.29 is 9.84 Å². The molecule has 1 fully saturated rings. The third-order valence-electron chi connectivity index (χ3n) is 5.48. The van der Waals surface area contributed by atoms with Crippen LogP contribution in [-0.2, 0) is 13.0 Å². The summed E-state index contributed by atoms with van der Waals surface area (Å²) in [6, 6.07) is 16.7. The molecule has 1 heterocycles. The lowest BCUT2D eigenvalue weighted by atomic mass is 10.0. The molecule has 0 saturated carbocycles. The number of rotatable bonds is 8. The third-order valence-corrected chi connectivity index (χ3v) is 5.48. The molecule has 0 spiro atoms. The van der Waals surface area contributed by atoms with Crippen LogP contribution in [0.25, 0.3) is 0 Å². The summed E-state index contributed by atoms with van der Waals surface area (Å²) in [6.45, 7) is 6.69. The predicted octanol–water partition coefficient (Wildman–Crippen LogP) is 3.78. The summed E-state index contributed by atoms with van der Waals surface area (Å²) in [7, 11) is 1.56. The molecule has 170 valence electrons. The van der Waals surface area contributed by atoms with Gasteiger partial charge in [0.15, 0.2) is 17.5 Å². The minimum absolute atomic E-state index is 0. The van der Waals surface area contributed by atoms with Crippen LogP contribution in [0.4, 0.5) is 0 Å². The number of methoxy groups -OCH3 is 1. The van der Waals surface area contributed by atoms with Gasteiger partial charge in [-0.15, -0.1) is 24.0 Å². The van der Waals surface area contributed by atoms with E-state index >= 15 is 0 Å². The minimum Gasteiger partial charge on any atom is -0.504 e. The maximum absolute atomic E-state index is 10.2. The van der Waals surface area contributed by atoms with Crippen molar-refractivity contribution in [2.45, 2.75) is 38.8 Å². The number of phenols is 1. The van der Waals surface area contributed by atoms with E-state index in [2.05, 4.69) is 52.8 Å². The first-order chi connectivity index (χ1) is 14.7. The molecule has 0 aliphatic carbocycles. The fraction of sp³-hybridized carbons (Fsp3) is 0.458. The predicted molar refractivity (Wildman–Crippen MR) is 138 cm³/mol. The summed E-state index contributed by atoms with van der Waals surface area (Å²) in [5.41, 5.74) is 2.22. The SMILES string of the molecule is CCNC(=NCCc1cccc(OC)c1O)NC1CCN(Cc2ccccc2)CC1.I. The number of piperidine rings is 1. The highest BCUT2D eigenvalue weighted by Crippen LogP contribution is 2.29. The molecule has 1 saturated heterocycles. The van der Waals surface area contributed by atoms with E-state index in [1.165, 1.54) is 5.56 Å². The Kier molecular flexibility index (Phi) is 10.9. The van der Waals surface area contributed by atoms with E-state index in [9.17, 15) is 5.11 Å². The average molecular weight is 538 g/mol. The summed E-state index contributed by atoms with van der Waals surface area (Å²) in [5, 5.41) is 17.2. The van der Waals surface area contributed by atoms with Crippen LogP contribution in [0.15, 0.2) is 53.5 Å². The van der Waals surface area contributed by atoms with Gasteiger partial charge < -0.3 is 20.5 Å². The summed E-state index contributed by atoms with van der Waals surface area (Å²) in [5.74, 6) is 1.56. The standard InChI is InChI=1S/C24H34N4O2.HI/c1-3-25-24(26-15-12-20-10-7-11-22(30-2)23(20)29)27-21-13-16-28(17-14-21)18-19-8-5-4-6-9-19;/h4-11,21,29H,3,12-18H2,1-2H3,(H2,25,26,27);1H. The van der Waals surface area contributed by atoms with Crippen LogP contribution in [0.1, 0.15) is 30.9 Å². The zero-order valence-corrected chi connectivity index (χ0v) is 20.8. The highest BCUT2D eigenvalue weighted by Gasteiger charge is 2.20. The zero-order chi connectivity index (χ0) is 21.2. The Balaban J connectivity index is 0.00000341. The average Bonchev–Trinajstić information content (AvgIpc) is 2.77. The van der Waals surface area contributed by atoms with Crippen molar-refractivity contribution in [2.24, 2.45) is 4.99 Å². The fourth-order valence-electron chi connectivity index (χ4n) is 3.81. The third kappa shape index (κ3) is 7.88. The summed E-state index contributed by atoms with van der Waals surface area (Å²) < 4.78 is 5.18. The van der Waals surface area contributed by atoms with Gasteiger partial charge in [-0.05, 0) is 43.4 Å². The molecule has 31 heavy (non-hydrogen) atoms. The lowest BCUT2D eigenvalue weighted by Gasteiger charge is -2.33. The van der Waals surface area contributed by atoms with Crippen molar-refractivity contribution >= 4 is 29.9 Å². The molecule has 3 rings (SSSR count). The molecule has 6 nitrogen and oxygen atoms in total. The van der Waals surface area contributed by atoms with Crippen LogP contribution >= 0.6 is 24.0 Å². The molecule has 0 aromatic heterocycles. The number of aliphatic imine (C=N–C) groups is 1. The molecule has 1 aliphatic rings. The first kappa shape index (κ1) is 25.3. The summed E-state index contributed by atoms with van der Waals surface area (Å²) in [6.07, 6.45) is 2.87. The van der Waals surface area contributed by atoms with E-state index in [-0.39, 0.29) is 29.7 Å². The number of phenolic OH excluding ortho intramolecular Hbond substituents is 1. The Bertz CT molecular complexity index is 808. The normalized spacial score (nSPS) is 15.2. The summed E-state index contributed by atoms with van der Waals surface area (Å²) in [4.78, 5) is 7.23. The number of hydrogen-bond donors (Lipinski definition) is 3. The van der Waals surface area contributed by atoms with Gasteiger partial charge in [-0.25, -0.2) is 0 Å². The molecule has 0 amide bonds. The molecule has 0 radical (unpaired) electrons. The van der Waals surface area contributed by atoms with E-state index in [0.717, 1.165) is 50.5 Å². The van der Waals surface area contributed by atoms with Gasteiger partial charge in [0, 0.05) is 38.8 Å². The Morgan fingerprint density at radius 3 is 2.55 bits per heavy atom. The number of para-hydroxylation sites is 1. The van der Waals surface area contributed by atoms with E-state index in [0.29, 0.717) is 24.8 Å². The highest BCUT2D eigenvalue weighted by molar-refractivity contribution is 14.0. The van der Waals surface area contributed by atoms with Gasteiger partial charge >= 0.3 is 0 Å².